The van der Waals surface area contributed by atoms with Gasteiger partial charge in [-0.2, -0.15) is 0 Å². The van der Waals surface area contributed by atoms with Gasteiger partial charge in [0.15, 0.2) is 0 Å². The number of aromatic nitrogens is 2. The molecule has 0 unspecified atom stereocenters. The Hall–Kier alpha value is -1.49. The van der Waals surface area contributed by atoms with Crippen LogP contribution in [0.15, 0.2) is 35.3 Å². The van der Waals surface area contributed by atoms with Gasteiger partial charge in [0.25, 0.3) is 5.56 Å². The predicted molar refractivity (Wildman–Crippen MR) is 89.4 cm³/mol. The Labute approximate surface area is 133 Å². The molecule has 118 valence electrons. The van der Waals surface area contributed by atoms with Crippen LogP contribution in [-0.2, 0) is 16.6 Å². The molecule has 2 aromatic rings. The summed E-state index contributed by atoms with van der Waals surface area (Å²) in [6.07, 6.45) is 9.32. The molecule has 2 aromatic heterocycles. The molecule has 3 rings (SSSR count). The van der Waals surface area contributed by atoms with Gasteiger partial charge in [0.2, 0.25) is 0 Å². The molecule has 0 aromatic carbocycles. The minimum absolute atomic E-state index is 0.108. The monoisotopic (exact) mass is 318 g/mol. The van der Waals surface area contributed by atoms with E-state index >= 15 is 0 Å². The third kappa shape index (κ3) is 3.83. The maximum Gasteiger partial charge on any atom is 0.258 e. The van der Waals surface area contributed by atoms with Crippen LogP contribution in [0.1, 0.15) is 44.2 Å². The molecule has 0 spiro atoms. The van der Waals surface area contributed by atoms with Crippen LogP contribution >= 0.6 is 0 Å². The summed E-state index contributed by atoms with van der Waals surface area (Å²) in [6, 6.07) is 6.96. The second-order valence-corrected chi connectivity index (χ2v) is 7.67. The number of pyridine rings is 1. The Kier molecular flexibility index (Phi) is 5.03. The fourth-order valence-corrected chi connectivity index (χ4v) is 4.36. The molecule has 1 aliphatic carbocycles. The normalized spacial score (nSPS) is 17.1. The molecule has 5 heteroatoms. The number of rotatable bonds is 6. The lowest BCUT2D eigenvalue weighted by Crippen LogP contribution is -2.16. The Balaban J connectivity index is 1.58. The summed E-state index contributed by atoms with van der Waals surface area (Å²) in [5, 5.41) is 0. The molecule has 0 N–H and O–H groups in total. The minimum atomic E-state index is -0.933. The van der Waals surface area contributed by atoms with E-state index in [0.29, 0.717) is 22.8 Å². The number of fused-ring (bicyclic) bond motifs is 1. The van der Waals surface area contributed by atoms with Gasteiger partial charge in [-0.3, -0.25) is 13.4 Å². The maximum absolute atomic E-state index is 12.2. The molecule has 1 aliphatic rings. The summed E-state index contributed by atoms with van der Waals surface area (Å²) in [6.45, 7) is 0. The minimum Gasteiger partial charge on any atom is -0.269 e. The molecule has 1 fully saturated rings. The Bertz CT molecular complexity index is 720. The zero-order valence-corrected chi connectivity index (χ0v) is 13.6. The number of nitrogens with zero attached hydrogens (tertiary/aromatic N) is 2. The Morgan fingerprint density at radius 1 is 1.27 bits per heavy atom. The second kappa shape index (κ2) is 7.18. The first-order valence-electron chi connectivity index (χ1n) is 8.05. The highest BCUT2D eigenvalue weighted by atomic mass is 32.2. The zero-order chi connectivity index (χ0) is 15.4. The van der Waals surface area contributed by atoms with Crippen LogP contribution in [0.2, 0.25) is 0 Å². The summed E-state index contributed by atoms with van der Waals surface area (Å²) in [4.78, 5) is 16.4. The van der Waals surface area contributed by atoms with Crippen molar-refractivity contribution in [2.75, 3.05) is 5.75 Å². The highest BCUT2D eigenvalue weighted by molar-refractivity contribution is 7.84. The summed E-state index contributed by atoms with van der Waals surface area (Å²) < 4.78 is 13.7. The van der Waals surface area contributed by atoms with Crippen molar-refractivity contribution < 1.29 is 4.21 Å². The van der Waals surface area contributed by atoms with Crippen molar-refractivity contribution in [1.82, 2.24) is 9.38 Å². The van der Waals surface area contributed by atoms with Crippen LogP contribution in [0.3, 0.4) is 0 Å². The van der Waals surface area contributed by atoms with Crippen molar-refractivity contribution in [2.24, 2.45) is 5.92 Å². The molecule has 0 radical (unpaired) electrons. The first-order valence-corrected chi connectivity index (χ1v) is 9.53. The number of hydrogen-bond donors (Lipinski definition) is 0. The predicted octanol–water partition coefficient (Wildman–Crippen LogP) is 2.91. The van der Waals surface area contributed by atoms with Gasteiger partial charge in [0, 0.05) is 28.8 Å². The van der Waals surface area contributed by atoms with E-state index in [1.807, 2.05) is 6.07 Å². The molecule has 0 saturated heterocycles. The van der Waals surface area contributed by atoms with Crippen molar-refractivity contribution >= 4 is 16.4 Å². The molecular weight excluding hydrogens is 296 g/mol. The smallest absolute Gasteiger partial charge is 0.258 e. The largest absolute Gasteiger partial charge is 0.269 e. The van der Waals surface area contributed by atoms with Crippen LogP contribution in [0, 0.1) is 5.92 Å². The van der Waals surface area contributed by atoms with Crippen molar-refractivity contribution in [2.45, 2.75) is 44.3 Å². The van der Waals surface area contributed by atoms with Crippen molar-refractivity contribution in [3.63, 3.8) is 0 Å². The lowest BCUT2D eigenvalue weighted by molar-refractivity contribution is 0.497. The SMILES string of the molecule is O=c1cc(C[S@](=O)CCCC2CCCC2)nc2ccccn12. The fourth-order valence-electron chi connectivity index (χ4n) is 3.25. The van der Waals surface area contributed by atoms with Gasteiger partial charge >= 0.3 is 0 Å². The molecule has 22 heavy (non-hydrogen) atoms. The van der Waals surface area contributed by atoms with Crippen molar-refractivity contribution in [1.29, 1.82) is 0 Å². The lowest BCUT2D eigenvalue weighted by Gasteiger charge is -2.08. The Morgan fingerprint density at radius 3 is 2.91 bits per heavy atom. The van der Waals surface area contributed by atoms with E-state index in [2.05, 4.69) is 4.98 Å². The summed E-state index contributed by atoms with van der Waals surface area (Å²) in [5.74, 6) is 1.94. The van der Waals surface area contributed by atoms with Crippen molar-refractivity contribution in [3.8, 4) is 0 Å². The first kappa shape index (κ1) is 15.4. The lowest BCUT2D eigenvalue weighted by atomic mass is 10.0. The second-order valence-electron chi connectivity index (χ2n) is 6.10. The number of hydrogen-bond acceptors (Lipinski definition) is 3. The average molecular weight is 318 g/mol. The van der Waals surface area contributed by atoms with E-state index in [1.165, 1.54) is 42.6 Å². The molecule has 1 atom stereocenters. The molecule has 0 aliphatic heterocycles. The molecule has 1 saturated carbocycles. The highest BCUT2D eigenvalue weighted by Gasteiger charge is 2.15. The summed E-state index contributed by atoms with van der Waals surface area (Å²) >= 11 is 0. The van der Waals surface area contributed by atoms with Crippen LogP contribution in [0.25, 0.3) is 5.65 Å². The van der Waals surface area contributed by atoms with Gasteiger partial charge in [-0.15, -0.1) is 0 Å². The highest BCUT2D eigenvalue weighted by Crippen LogP contribution is 2.28. The summed E-state index contributed by atoms with van der Waals surface area (Å²) in [7, 11) is -0.933. The average Bonchev–Trinajstić information content (AvgIpc) is 3.00. The topological polar surface area (TPSA) is 51.4 Å². The fraction of sp³-hybridized carbons (Fsp3) is 0.529. The van der Waals surface area contributed by atoms with E-state index < -0.39 is 10.8 Å². The van der Waals surface area contributed by atoms with Gasteiger partial charge in [-0.05, 0) is 30.9 Å². The Morgan fingerprint density at radius 2 is 2.09 bits per heavy atom. The molecule has 0 amide bonds. The standard InChI is InChI=1S/C17H22N2O2S/c20-17-12-15(18-16-9-3-4-10-19(16)17)13-22(21)11-5-8-14-6-1-2-7-14/h3-4,9-10,12,14H,1-2,5-8,11,13H2/t22-/m1/s1. The third-order valence-electron chi connectivity index (χ3n) is 4.39. The quantitative estimate of drug-likeness (QED) is 0.823. The van der Waals surface area contributed by atoms with Gasteiger partial charge in [0.1, 0.15) is 5.65 Å². The van der Waals surface area contributed by atoms with E-state index in [0.717, 1.165) is 12.3 Å². The molecule has 0 bridgehead atoms. The van der Waals surface area contributed by atoms with Gasteiger partial charge in [-0.1, -0.05) is 31.7 Å². The van der Waals surface area contributed by atoms with Crippen LogP contribution in [-0.4, -0.2) is 19.3 Å². The third-order valence-corrected chi connectivity index (χ3v) is 5.75. The molecule has 2 heterocycles. The molecular formula is C17H22N2O2S. The van der Waals surface area contributed by atoms with E-state index in [9.17, 15) is 9.00 Å². The van der Waals surface area contributed by atoms with Gasteiger partial charge < -0.3 is 0 Å². The van der Waals surface area contributed by atoms with Crippen LogP contribution < -0.4 is 5.56 Å². The van der Waals surface area contributed by atoms with E-state index in [4.69, 9.17) is 0 Å². The van der Waals surface area contributed by atoms with E-state index in [1.54, 1.807) is 18.3 Å². The summed E-state index contributed by atoms with van der Waals surface area (Å²) in [5.41, 5.74) is 1.15. The zero-order valence-electron chi connectivity index (χ0n) is 12.7. The van der Waals surface area contributed by atoms with Crippen molar-refractivity contribution in [3.05, 3.63) is 46.5 Å². The van der Waals surface area contributed by atoms with Gasteiger partial charge in [0.05, 0.1) is 11.4 Å². The van der Waals surface area contributed by atoms with Crippen LogP contribution in [0.4, 0.5) is 0 Å². The molecule has 4 nitrogen and oxygen atoms in total. The van der Waals surface area contributed by atoms with Gasteiger partial charge in [-0.25, -0.2) is 4.98 Å². The van der Waals surface area contributed by atoms with Crippen LogP contribution in [0.5, 0.6) is 0 Å². The maximum atomic E-state index is 12.2. The van der Waals surface area contributed by atoms with E-state index in [-0.39, 0.29) is 5.56 Å². The first-order chi connectivity index (χ1) is 10.7.